The number of nitrogens with zero attached hydrogens (tertiary/aromatic N) is 6. The first kappa shape index (κ1) is 38.8. The van der Waals surface area contributed by atoms with Crippen LogP contribution in [0.25, 0.3) is 33.5 Å². The maximum absolute atomic E-state index is 15.5. The molecule has 0 unspecified atom stereocenters. The largest absolute Gasteiger partial charge is 0.497 e. The molecule has 7 aromatic rings. The number of anilines is 1. The Morgan fingerprint density at radius 1 is 0.754 bits per heavy atom. The van der Waals surface area contributed by atoms with Crippen LogP contribution in [0, 0.1) is 6.92 Å². The Balaban J connectivity index is 1.52. The molecule has 0 fully saturated rings. The molecule has 7 rings (SSSR count). The van der Waals surface area contributed by atoms with Crippen LogP contribution in [0.15, 0.2) is 102 Å². The Morgan fingerprint density at radius 3 is 1.81 bits per heavy atom. The van der Waals surface area contributed by atoms with Crippen LogP contribution in [0.1, 0.15) is 27.8 Å². The molecule has 0 spiro atoms. The number of alkyl halides is 3. The molecule has 0 bridgehead atoms. The molecule has 0 amide bonds. The van der Waals surface area contributed by atoms with Crippen molar-refractivity contribution in [3.8, 4) is 39.8 Å². The number of tetrazole rings is 1. The van der Waals surface area contributed by atoms with Gasteiger partial charge in [0.05, 0.1) is 44.5 Å². The van der Waals surface area contributed by atoms with Crippen LogP contribution in [0.2, 0.25) is 0 Å². The number of aromatic amines is 1. The van der Waals surface area contributed by atoms with Crippen LogP contribution in [0.3, 0.4) is 0 Å². The van der Waals surface area contributed by atoms with Gasteiger partial charge in [0, 0.05) is 24.2 Å². The molecule has 0 aliphatic carbocycles. The predicted molar refractivity (Wildman–Crippen MR) is 207 cm³/mol. The van der Waals surface area contributed by atoms with E-state index in [1.165, 1.54) is 32.1 Å². The summed E-state index contributed by atoms with van der Waals surface area (Å²) in [5.41, 5.74) is 7.99. The number of imidazole rings is 1. The number of sulfonamides is 1. The number of benzene rings is 5. The number of hydrogen-bond donors (Lipinski definition) is 2. The van der Waals surface area contributed by atoms with Crippen LogP contribution >= 0.6 is 0 Å². The van der Waals surface area contributed by atoms with Crippen LogP contribution in [0.4, 0.5) is 19.1 Å². The number of methoxy groups -OCH3 is 3. The molecular weight excluding hydrogens is 762 g/mol. The highest BCUT2D eigenvalue weighted by atomic mass is 32.2. The second kappa shape index (κ2) is 15.6. The van der Waals surface area contributed by atoms with Crippen LogP contribution < -0.4 is 19.9 Å². The molecule has 0 radical (unpaired) electrons. The summed E-state index contributed by atoms with van der Waals surface area (Å²) in [6, 6.07) is 25.5. The van der Waals surface area contributed by atoms with Crippen molar-refractivity contribution in [3.63, 3.8) is 0 Å². The second-order valence-electron chi connectivity index (χ2n) is 13.1. The molecule has 57 heavy (non-hydrogen) atoms. The highest BCUT2D eigenvalue weighted by Crippen LogP contribution is 2.46. The molecule has 3 N–H and O–H groups in total. The van der Waals surface area contributed by atoms with Gasteiger partial charge in [0.25, 0.3) is 0 Å². The van der Waals surface area contributed by atoms with Gasteiger partial charge in [0.15, 0.2) is 11.8 Å². The minimum absolute atomic E-state index is 0.0246. The summed E-state index contributed by atoms with van der Waals surface area (Å²) in [5, 5.41) is 12.2. The normalized spacial score (nSPS) is 12.0. The second-order valence-corrected chi connectivity index (χ2v) is 15.0. The molecule has 0 saturated heterocycles. The lowest BCUT2D eigenvalue weighted by Crippen LogP contribution is -2.32. The fraction of sp³-hybridized carbons (Fsp3) is 0.200. The van der Waals surface area contributed by atoms with Crippen molar-refractivity contribution in [1.82, 2.24) is 34.5 Å². The monoisotopic (exact) mass is 798 g/mol. The van der Waals surface area contributed by atoms with E-state index in [0.29, 0.717) is 50.5 Å². The van der Waals surface area contributed by atoms with E-state index < -0.39 is 26.7 Å². The third-order valence-corrected chi connectivity index (χ3v) is 11.4. The highest BCUT2D eigenvalue weighted by Gasteiger charge is 2.43. The van der Waals surface area contributed by atoms with Gasteiger partial charge in [-0.05, 0) is 87.6 Å². The minimum atomic E-state index is -5.14. The number of nitrogens with two attached hydrogens (primary N) is 1. The maximum Gasteiger partial charge on any atom is 0.417 e. The number of nitrogens with one attached hydrogen (secondary N) is 1. The van der Waals surface area contributed by atoms with E-state index in [4.69, 9.17) is 19.9 Å². The van der Waals surface area contributed by atoms with Gasteiger partial charge in [0.2, 0.25) is 10.0 Å². The van der Waals surface area contributed by atoms with Crippen molar-refractivity contribution in [3.05, 3.63) is 125 Å². The Hall–Kier alpha value is -6.46. The maximum atomic E-state index is 15.5. The van der Waals surface area contributed by atoms with Crippen molar-refractivity contribution in [2.45, 2.75) is 37.6 Å². The fourth-order valence-electron chi connectivity index (χ4n) is 6.61. The molecule has 0 aliphatic heterocycles. The predicted octanol–water partition coefficient (Wildman–Crippen LogP) is 7.26. The number of rotatable bonds is 13. The Bertz CT molecular complexity index is 2600. The van der Waals surface area contributed by atoms with E-state index in [2.05, 4.69) is 25.5 Å². The van der Waals surface area contributed by atoms with E-state index in [1.54, 1.807) is 84.9 Å². The molecule has 5 aromatic carbocycles. The molecule has 294 valence electrons. The lowest BCUT2D eigenvalue weighted by Gasteiger charge is -2.27. The first-order valence-corrected chi connectivity index (χ1v) is 18.9. The van der Waals surface area contributed by atoms with Crippen LogP contribution in [-0.4, -0.2) is 64.2 Å². The van der Waals surface area contributed by atoms with E-state index in [-0.39, 0.29) is 42.5 Å². The summed E-state index contributed by atoms with van der Waals surface area (Å²) in [7, 11) is -0.608. The van der Waals surface area contributed by atoms with Crippen molar-refractivity contribution >= 4 is 27.0 Å². The van der Waals surface area contributed by atoms with Gasteiger partial charge >= 0.3 is 6.18 Å². The third kappa shape index (κ3) is 7.84. The van der Waals surface area contributed by atoms with Gasteiger partial charge in [-0.2, -0.15) is 17.5 Å². The Labute approximate surface area is 325 Å². The average Bonchev–Trinajstić information content (AvgIpc) is 3.84. The third-order valence-electron chi connectivity index (χ3n) is 9.50. The van der Waals surface area contributed by atoms with Crippen molar-refractivity contribution in [1.29, 1.82) is 0 Å². The van der Waals surface area contributed by atoms with Gasteiger partial charge in [0.1, 0.15) is 22.1 Å². The average molecular weight is 799 g/mol. The molecule has 2 heterocycles. The number of hydrogen-bond acceptors (Lipinski definition) is 10. The molecule has 0 saturated carbocycles. The van der Waals surface area contributed by atoms with Crippen LogP contribution in [-0.2, 0) is 35.8 Å². The molecule has 0 atom stereocenters. The van der Waals surface area contributed by atoms with Gasteiger partial charge in [-0.1, -0.05) is 54.6 Å². The first-order chi connectivity index (χ1) is 27.3. The van der Waals surface area contributed by atoms with Gasteiger partial charge in [-0.3, -0.25) is 0 Å². The lowest BCUT2D eigenvalue weighted by atomic mass is 9.94. The van der Waals surface area contributed by atoms with Gasteiger partial charge in [-0.25, -0.2) is 18.1 Å². The van der Waals surface area contributed by atoms with Crippen molar-refractivity contribution in [2.75, 3.05) is 27.1 Å². The van der Waals surface area contributed by atoms with Crippen LogP contribution in [0.5, 0.6) is 17.2 Å². The molecule has 2 aromatic heterocycles. The summed E-state index contributed by atoms with van der Waals surface area (Å²) >= 11 is 0. The van der Waals surface area contributed by atoms with E-state index >= 15 is 21.6 Å². The zero-order chi connectivity index (χ0) is 40.5. The number of H-pyrrole nitrogens is 1. The summed E-state index contributed by atoms with van der Waals surface area (Å²) in [5.74, 6) is 1.47. The zero-order valence-electron chi connectivity index (χ0n) is 31.2. The van der Waals surface area contributed by atoms with E-state index in [0.717, 1.165) is 15.9 Å². The number of nitrogen functional groups attached to an aromatic ring is 1. The van der Waals surface area contributed by atoms with Gasteiger partial charge in [-0.15, -0.1) is 5.10 Å². The first-order valence-electron chi connectivity index (χ1n) is 17.5. The molecule has 13 nitrogen and oxygen atoms in total. The van der Waals surface area contributed by atoms with Gasteiger partial charge < -0.3 is 24.9 Å². The zero-order valence-corrected chi connectivity index (χ0v) is 32.0. The number of ether oxygens (including phenoxy) is 3. The van der Waals surface area contributed by atoms with E-state index in [9.17, 15) is 0 Å². The lowest BCUT2D eigenvalue weighted by molar-refractivity contribution is -0.139. The number of aromatic nitrogens is 6. The molecule has 0 aliphatic rings. The smallest absolute Gasteiger partial charge is 0.417 e. The summed E-state index contributed by atoms with van der Waals surface area (Å²) in [6.07, 6.45) is -5.14. The SMILES string of the molecule is COc1ccc(CN(Cc2ccc(OC)cc2)S(=O)(=O)c2c(C(F)(F)F)ccc(-c3ccc(C)c4nc(N)[nH]c34)c2-c2nnnn2Cc2ccc(OC)cc2)cc1. The highest BCUT2D eigenvalue weighted by molar-refractivity contribution is 7.89. The standard InChI is InChI=1S/C40H37F3N8O5S/c1-24-5-18-32(36-35(24)45-39(44)46-36)31-19-20-33(40(41,42)43)37(34(31)38-47-48-49-51(38)23-27-10-16-30(56-4)17-11-27)57(52,53)50(21-25-6-12-28(54-2)13-7-25)22-26-8-14-29(55-3)15-9-26/h5-20H,21-23H2,1-4H3,(H3,44,45,46). The van der Waals surface area contributed by atoms with E-state index in [1.807, 2.05) is 6.92 Å². The summed E-state index contributed by atoms with van der Waals surface area (Å²) in [4.78, 5) is 6.38. The van der Waals surface area contributed by atoms with Crippen molar-refractivity contribution < 1.29 is 35.8 Å². The minimum Gasteiger partial charge on any atom is -0.497 e. The summed E-state index contributed by atoms with van der Waals surface area (Å²) in [6.45, 7) is 1.18. The number of fused-ring (bicyclic) bond motifs is 1. The number of aryl methyl sites for hydroxylation is 1. The summed E-state index contributed by atoms with van der Waals surface area (Å²) < 4.78 is 95.3. The fourth-order valence-corrected chi connectivity index (χ4v) is 8.42. The Morgan fingerprint density at radius 2 is 1.28 bits per heavy atom. The Kier molecular flexibility index (Phi) is 10.6. The molecule has 17 heteroatoms. The quantitative estimate of drug-likeness (QED) is 0.121. The van der Waals surface area contributed by atoms with Crippen molar-refractivity contribution in [2.24, 2.45) is 0 Å². The topological polar surface area (TPSA) is 163 Å². The number of halogens is 3. The molecular formula is C40H37F3N8O5S.